The SMILES string of the molecule is C=C1C(=O)OC2C(CO)=C(C)CCC3OC3(C)CCC12. The van der Waals surface area contributed by atoms with Crippen LogP contribution in [0.3, 0.4) is 0 Å². The molecule has 4 unspecified atom stereocenters. The number of fused-ring (bicyclic) bond motifs is 2. The Morgan fingerprint density at radius 2 is 2.20 bits per heavy atom. The van der Waals surface area contributed by atoms with Gasteiger partial charge in [0.2, 0.25) is 0 Å². The fourth-order valence-electron chi connectivity index (χ4n) is 3.54. The molecule has 4 nitrogen and oxygen atoms in total. The summed E-state index contributed by atoms with van der Waals surface area (Å²) in [6.07, 6.45) is 3.55. The second-order valence-corrected chi connectivity index (χ2v) is 6.42. The zero-order valence-electron chi connectivity index (χ0n) is 12.1. The van der Waals surface area contributed by atoms with Gasteiger partial charge >= 0.3 is 5.97 Å². The van der Waals surface area contributed by atoms with Crippen LogP contribution < -0.4 is 0 Å². The monoisotopic (exact) mass is 278 g/mol. The van der Waals surface area contributed by atoms with E-state index in [0.717, 1.165) is 36.8 Å². The van der Waals surface area contributed by atoms with Crippen LogP contribution in [0.2, 0.25) is 0 Å². The molecule has 4 heteroatoms. The number of hydrogen-bond donors (Lipinski definition) is 1. The highest BCUT2D eigenvalue weighted by Gasteiger charge is 2.53. The van der Waals surface area contributed by atoms with Crippen LogP contribution in [0.4, 0.5) is 0 Å². The molecule has 2 saturated heterocycles. The van der Waals surface area contributed by atoms with Gasteiger partial charge in [-0.05, 0) is 45.1 Å². The normalized spacial score (nSPS) is 41.0. The van der Waals surface area contributed by atoms with Crippen molar-refractivity contribution in [1.29, 1.82) is 0 Å². The summed E-state index contributed by atoms with van der Waals surface area (Å²) in [5.74, 6) is -0.351. The molecule has 0 aromatic carbocycles. The van der Waals surface area contributed by atoms with Gasteiger partial charge in [0.15, 0.2) is 0 Å². The van der Waals surface area contributed by atoms with Crippen molar-refractivity contribution in [2.24, 2.45) is 5.92 Å². The molecule has 0 bridgehead atoms. The van der Waals surface area contributed by atoms with E-state index in [-0.39, 0.29) is 30.2 Å². The Morgan fingerprint density at radius 1 is 1.45 bits per heavy atom. The van der Waals surface area contributed by atoms with Crippen LogP contribution in [0, 0.1) is 5.92 Å². The van der Waals surface area contributed by atoms with Crippen LogP contribution in [0.15, 0.2) is 23.3 Å². The van der Waals surface area contributed by atoms with Crippen molar-refractivity contribution in [3.05, 3.63) is 23.3 Å². The van der Waals surface area contributed by atoms with E-state index in [4.69, 9.17) is 9.47 Å². The maximum atomic E-state index is 11.8. The number of carbonyl (C=O) groups excluding carboxylic acids is 1. The summed E-state index contributed by atoms with van der Waals surface area (Å²) < 4.78 is 11.3. The lowest BCUT2D eigenvalue weighted by Gasteiger charge is -2.23. The maximum absolute atomic E-state index is 11.8. The number of esters is 1. The predicted molar refractivity (Wildman–Crippen MR) is 74.0 cm³/mol. The molecule has 3 rings (SSSR count). The Labute approximate surface area is 119 Å². The maximum Gasteiger partial charge on any atom is 0.334 e. The summed E-state index contributed by atoms with van der Waals surface area (Å²) in [5.41, 5.74) is 2.46. The van der Waals surface area contributed by atoms with Crippen LogP contribution in [0.5, 0.6) is 0 Å². The molecule has 0 spiro atoms. The van der Waals surface area contributed by atoms with E-state index in [1.165, 1.54) is 0 Å². The minimum Gasteiger partial charge on any atom is -0.454 e. The van der Waals surface area contributed by atoms with E-state index >= 15 is 0 Å². The van der Waals surface area contributed by atoms with Gasteiger partial charge in [0.1, 0.15) is 6.10 Å². The highest BCUT2D eigenvalue weighted by Crippen LogP contribution is 2.47. The molecule has 2 aliphatic heterocycles. The predicted octanol–water partition coefficient (Wildman–Crippen LogP) is 2.12. The number of allylic oxidation sites excluding steroid dienone is 1. The van der Waals surface area contributed by atoms with Gasteiger partial charge in [-0.3, -0.25) is 0 Å². The molecule has 0 aromatic heterocycles. The van der Waals surface area contributed by atoms with Crippen molar-refractivity contribution >= 4 is 5.97 Å². The molecule has 1 aliphatic carbocycles. The van der Waals surface area contributed by atoms with E-state index < -0.39 is 0 Å². The molecule has 0 radical (unpaired) electrons. The molecule has 2 heterocycles. The Morgan fingerprint density at radius 3 is 2.90 bits per heavy atom. The van der Waals surface area contributed by atoms with Gasteiger partial charge in [-0.1, -0.05) is 12.2 Å². The smallest absolute Gasteiger partial charge is 0.334 e. The summed E-state index contributed by atoms with van der Waals surface area (Å²) in [6, 6.07) is 0. The number of aliphatic hydroxyl groups is 1. The Kier molecular flexibility index (Phi) is 3.26. The van der Waals surface area contributed by atoms with Crippen molar-refractivity contribution in [2.75, 3.05) is 6.61 Å². The van der Waals surface area contributed by atoms with Crippen molar-refractivity contribution in [1.82, 2.24) is 0 Å². The molecular weight excluding hydrogens is 256 g/mol. The fraction of sp³-hybridized carbons (Fsp3) is 0.688. The fourth-order valence-corrected chi connectivity index (χ4v) is 3.54. The average Bonchev–Trinajstić information content (AvgIpc) is 2.98. The van der Waals surface area contributed by atoms with Gasteiger partial charge in [-0.25, -0.2) is 4.79 Å². The van der Waals surface area contributed by atoms with Gasteiger partial charge in [0, 0.05) is 11.5 Å². The zero-order chi connectivity index (χ0) is 14.5. The third-order valence-electron chi connectivity index (χ3n) is 5.14. The van der Waals surface area contributed by atoms with Crippen LogP contribution in [-0.4, -0.2) is 35.5 Å². The van der Waals surface area contributed by atoms with Gasteiger partial charge in [0.05, 0.1) is 18.3 Å². The highest BCUT2D eigenvalue weighted by molar-refractivity contribution is 5.91. The van der Waals surface area contributed by atoms with Gasteiger partial charge < -0.3 is 14.6 Å². The van der Waals surface area contributed by atoms with Crippen LogP contribution in [0.25, 0.3) is 0 Å². The van der Waals surface area contributed by atoms with Crippen LogP contribution in [-0.2, 0) is 14.3 Å². The Bertz CT molecular complexity index is 493. The summed E-state index contributed by atoms with van der Waals surface area (Å²) >= 11 is 0. The summed E-state index contributed by atoms with van der Waals surface area (Å²) in [4.78, 5) is 11.8. The van der Waals surface area contributed by atoms with Gasteiger partial charge in [-0.15, -0.1) is 0 Å². The lowest BCUT2D eigenvalue weighted by atomic mass is 9.82. The quantitative estimate of drug-likeness (QED) is 0.345. The molecule has 2 fully saturated rings. The number of rotatable bonds is 1. The van der Waals surface area contributed by atoms with Gasteiger partial charge in [0.25, 0.3) is 0 Å². The Balaban J connectivity index is 1.94. The number of aliphatic hydroxyl groups excluding tert-OH is 1. The first-order chi connectivity index (χ1) is 9.46. The van der Waals surface area contributed by atoms with Crippen LogP contribution >= 0.6 is 0 Å². The first-order valence-corrected chi connectivity index (χ1v) is 7.33. The molecule has 3 aliphatic rings. The molecule has 0 saturated carbocycles. The van der Waals surface area contributed by atoms with Crippen molar-refractivity contribution in [3.8, 4) is 0 Å². The van der Waals surface area contributed by atoms with E-state index in [0.29, 0.717) is 11.7 Å². The number of carbonyl (C=O) groups is 1. The standard InChI is InChI=1S/C16H22O4/c1-9-4-5-13-16(3,20-13)7-6-11-10(2)15(18)19-14(11)12(9)8-17/h11,13-14,17H,2,4-8H2,1,3H3. The first kappa shape index (κ1) is 13.8. The second kappa shape index (κ2) is 4.71. The molecule has 0 amide bonds. The minimum atomic E-state index is -0.334. The summed E-state index contributed by atoms with van der Waals surface area (Å²) in [7, 11) is 0. The molecular formula is C16H22O4. The zero-order valence-corrected chi connectivity index (χ0v) is 12.1. The number of ether oxygens (including phenoxy) is 2. The Hall–Kier alpha value is -1.13. The van der Waals surface area contributed by atoms with E-state index in [1.807, 2.05) is 6.92 Å². The first-order valence-electron chi connectivity index (χ1n) is 7.33. The summed E-state index contributed by atoms with van der Waals surface area (Å²) in [5, 5.41) is 9.68. The largest absolute Gasteiger partial charge is 0.454 e. The third kappa shape index (κ3) is 2.11. The third-order valence-corrected chi connectivity index (χ3v) is 5.14. The lowest BCUT2D eigenvalue weighted by Crippen LogP contribution is -2.25. The molecule has 0 aromatic rings. The van der Waals surface area contributed by atoms with Crippen LogP contribution in [0.1, 0.15) is 39.5 Å². The van der Waals surface area contributed by atoms with Gasteiger partial charge in [-0.2, -0.15) is 0 Å². The van der Waals surface area contributed by atoms with Crippen molar-refractivity contribution in [2.45, 2.75) is 57.3 Å². The number of hydrogen-bond acceptors (Lipinski definition) is 4. The molecule has 20 heavy (non-hydrogen) atoms. The minimum absolute atomic E-state index is 0.0284. The second-order valence-electron chi connectivity index (χ2n) is 6.42. The number of epoxide rings is 1. The van der Waals surface area contributed by atoms with Crippen molar-refractivity contribution in [3.63, 3.8) is 0 Å². The average molecular weight is 278 g/mol. The molecule has 4 atom stereocenters. The molecule has 110 valence electrons. The topological polar surface area (TPSA) is 59.1 Å². The lowest BCUT2D eigenvalue weighted by molar-refractivity contribution is -0.138. The van der Waals surface area contributed by atoms with Crippen molar-refractivity contribution < 1.29 is 19.4 Å². The highest BCUT2D eigenvalue weighted by atomic mass is 16.6. The van der Waals surface area contributed by atoms with E-state index in [1.54, 1.807) is 0 Å². The summed E-state index contributed by atoms with van der Waals surface area (Å²) in [6.45, 7) is 7.97. The molecule has 1 N–H and O–H groups in total. The van der Waals surface area contributed by atoms with E-state index in [9.17, 15) is 9.90 Å². The van der Waals surface area contributed by atoms with E-state index in [2.05, 4.69) is 13.5 Å².